The molecule has 4 rings (SSSR count). The summed E-state index contributed by atoms with van der Waals surface area (Å²) >= 11 is 1.51. The zero-order valence-electron chi connectivity index (χ0n) is 19.0. The lowest BCUT2D eigenvalue weighted by Crippen LogP contribution is -2.48. The average molecular weight is 498 g/mol. The first kappa shape index (κ1) is 24.4. The molecule has 2 aromatic carbocycles. The molecule has 34 heavy (non-hydrogen) atoms. The lowest BCUT2D eigenvalue weighted by molar-refractivity contribution is 0.0600. The summed E-state index contributed by atoms with van der Waals surface area (Å²) in [5.41, 5.74) is 2.77. The van der Waals surface area contributed by atoms with E-state index < -0.39 is 10.0 Å². The highest BCUT2D eigenvalue weighted by Gasteiger charge is 2.28. The van der Waals surface area contributed by atoms with E-state index in [4.69, 9.17) is 4.74 Å². The van der Waals surface area contributed by atoms with Gasteiger partial charge in [0.05, 0.1) is 17.7 Å². The number of hydrogen-bond donors (Lipinski definition) is 0. The van der Waals surface area contributed by atoms with Gasteiger partial charge in [-0.15, -0.1) is 11.8 Å². The topological polar surface area (TPSA) is 79.8 Å². The number of piperazine rings is 1. The molecule has 7 nitrogen and oxygen atoms in total. The summed E-state index contributed by atoms with van der Waals surface area (Å²) in [6.45, 7) is 3.16. The molecule has 0 saturated carbocycles. The van der Waals surface area contributed by atoms with Crippen LogP contribution in [-0.4, -0.2) is 61.9 Å². The number of pyridine rings is 1. The molecule has 178 valence electrons. The number of ether oxygens (including phenoxy) is 1. The van der Waals surface area contributed by atoms with E-state index in [0.29, 0.717) is 37.5 Å². The SMILES string of the molecule is COC(=O)c1ccc(CSc2ccc(S(=O)(=O)N3CCN(Cc4ccccc4)CC3)cn2)cc1. The molecular formula is C25H27N3O4S2. The Balaban J connectivity index is 1.31. The molecule has 0 unspecified atom stereocenters. The lowest BCUT2D eigenvalue weighted by atomic mass is 10.1. The monoisotopic (exact) mass is 497 g/mol. The van der Waals surface area contributed by atoms with E-state index in [1.807, 2.05) is 30.3 Å². The molecule has 1 saturated heterocycles. The fraction of sp³-hybridized carbons (Fsp3) is 0.280. The molecule has 0 spiro atoms. The third kappa shape index (κ3) is 6.04. The summed E-state index contributed by atoms with van der Waals surface area (Å²) < 4.78 is 32.4. The number of hydrogen-bond acceptors (Lipinski definition) is 7. The number of sulfonamides is 1. The second-order valence-electron chi connectivity index (χ2n) is 7.98. The minimum Gasteiger partial charge on any atom is -0.465 e. The molecule has 3 aromatic rings. The number of esters is 1. The quantitative estimate of drug-likeness (QED) is 0.347. The molecule has 1 aromatic heterocycles. The average Bonchev–Trinajstić information content (AvgIpc) is 2.88. The highest BCUT2D eigenvalue weighted by molar-refractivity contribution is 7.98. The van der Waals surface area contributed by atoms with E-state index in [2.05, 4.69) is 22.0 Å². The normalized spacial score (nSPS) is 15.2. The molecular weight excluding hydrogens is 470 g/mol. The smallest absolute Gasteiger partial charge is 0.337 e. The van der Waals surface area contributed by atoms with Gasteiger partial charge in [-0.3, -0.25) is 4.90 Å². The Morgan fingerprint density at radius 1 is 0.941 bits per heavy atom. The van der Waals surface area contributed by atoms with E-state index in [1.165, 1.54) is 30.6 Å². The Morgan fingerprint density at radius 3 is 2.26 bits per heavy atom. The molecule has 1 fully saturated rings. The number of methoxy groups -OCH3 is 1. The molecule has 1 aliphatic heterocycles. The van der Waals surface area contributed by atoms with Crippen LogP contribution in [0.1, 0.15) is 21.5 Å². The van der Waals surface area contributed by atoms with E-state index in [-0.39, 0.29) is 10.9 Å². The van der Waals surface area contributed by atoms with Crippen LogP contribution in [-0.2, 0) is 27.1 Å². The van der Waals surface area contributed by atoms with Crippen molar-refractivity contribution in [2.24, 2.45) is 0 Å². The zero-order valence-corrected chi connectivity index (χ0v) is 20.6. The van der Waals surface area contributed by atoms with Crippen molar-refractivity contribution in [1.82, 2.24) is 14.2 Å². The van der Waals surface area contributed by atoms with E-state index >= 15 is 0 Å². The van der Waals surface area contributed by atoms with Crippen LogP contribution in [0.4, 0.5) is 0 Å². The van der Waals surface area contributed by atoms with Gasteiger partial charge in [0.2, 0.25) is 10.0 Å². The van der Waals surface area contributed by atoms with Crippen LogP contribution >= 0.6 is 11.8 Å². The molecule has 0 bridgehead atoms. The van der Waals surface area contributed by atoms with Crippen molar-refractivity contribution in [1.29, 1.82) is 0 Å². The van der Waals surface area contributed by atoms with Crippen LogP contribution in [0.15, 0.2) is 82.8 Å². The standard InChI is InChI=1S/C25H27N3O4S2/c1-32-25(29)22-9-7-21(8-10-22)19-33-24-12-11-23(17-26-24)34(30,31)28-15-13-27(14-16-28)18-20-5-3-2-4-6-20/h2-12,17H,13-16,18-19H2,1H3. The van der Waals surface area contributed by atoms with Gasteiger partial charge in [0.15, 0.2) is 0 Å². The fourth-order valence-corrected chi connectivity index (χ4v) is 5.90. The molecule has 0 amide bonds. The first-order valence-corrected chi connectivity index (χ1v) is 13.4. The van der Waals surface area contributed by atoms with E-state index in [1.54, 1.807) is 28.6 Å². The Kier molecular flexibility index (Phi) is 7.99. The number of thioether (sulfide) groups is 1. The summed E-state index contributed by atoms with van der Waals surface area (Å²) in [5.74, 6) is 0.291. The van der Waals surface area contributed by atoms with Crippen molar-refractivity contribution >= 4 is 27.8 Å². The minimum absolute atomic E-state index is 0.218. The second-order valence-corrected chi connectivity index (χ2v) is 10.9. The molecule has 2 heterocycles. The number of aromatic nitrogens is 1. The summed E-state index contributed by atoms with van der Waals surface area (Å²) in [7, 11) is -2.21. The molecule has 0 aliphatic carbocycles. The maximum Gasteiger partial charge on any atom is 0.337 e. The van der Waals surface area contributed by atoms with Crippen LogP contribution in [0.3, 0.4) is 0 Å². The Labute approximate surface area is 204 Å². The van der Waals surface area contributed by atoms with Gasteiger partial charge >= 0.3 is 5.97 Å². The van der Waals surface area contributed by atoms with Crippen molar-refractivity contribution in [3.8, 4) is 0 Å². The van der Waals surface area contributed by atoms with E-state index in [0.717, 1.165) is 17.1 Å². The third-order valence-electron chi connectivity index (χ3n) is 5.69. The van der Waals surface area contributed by atoms with Gasteiger partial charge in [0.25, 0.3) is 0 Å². The highest BCUT2D eigenvalue weighted by atomic mass is 32.2. The lowest BCUT2D eigenvalue weighted by Gasteiger charge is -2.33. The Bertz CT molecular complexity index is 1190. The predicted molar refractivity (Wildman–Crippen MR) is 132 cm³/mol. The van der Waals surface area contributed by atoms with Gasteiger partial charge in [-0.2, -0.15) is 4.31 Å². The molecule has 1 aliphatic rings. The van der Waals surface area contributed by atoms with Gasteiger partial charge < -0.3 is 4.74 Å². The summed E-state index contributed by atoms with van der Waals surface area (Å²) in [6.07, 6.45) is 1.44. The molecule has 0 N–H and O–H groups in total. The second kappa shape index (κ2) is 11.1. The highest BCUT2D eigenvalue weighted by Crippen LogP contribution is 2.24. The Morgan fingerprint density at radius 2 is 1.65 bits per heavy atom. The van der Waals surface area contributed by atoms with Crippen molar-refractivity contribution in [2.75, 3.05) is 33.3 Å². The molecule has 0 radical (unpaired) electrons. The van der Waals surface area contributed by atoms with E-state index in [9.17, 15) is 13.2 Å². The number of rotatable bonds is 8. The van der Waals surface area contributed by atoms with Gasteiger partial charge in [-0.1, -0.05) is 42.5 Å². The van der Waals surface area contributed by atoms with Crippen LogP contribution in [0.5, 0.6) is 0 Å². The van der Waals surface area contributed by atoms with Crippen molar-refractivity contribution in [2.45, 2.75) is 22.2 Å². The first-order chi connectivity index (χ1) is 16.5. The maximum absolute atomic E-state index is 13.1. The number of carbonyl (C=O) groups is 1. The van der Waals surface area contributed by atoms with Crippen LogP contribution < -0.4 is 0 Å². The van der Waals surface area contributed by atoms with Gasteiger partial charge in [-0.25, -0.2) is 18.2 Å². The third-order valence-corrected chi connectivity index (χ3v) is 8.59. The van der Waals surface area contributed by atoms with Crippen LogP contribution in [0.2, 0.25) is 0 Å². The number of nitrogens with zero attached hydrogens (tertiary/aromatic N) is 3. The summed E-state index contributed by atoms with van der Waals surface area (Å²) in [4.78, 5) is 18.4. The predicted octanol–water partition coefficient (Wildman–Crippen LogP) is 3.67. The summed E-state index contributed by atoms with van der Waals surface area (Å²) in [6, 6.07) is 20.8. The molecule has 9 heteroatoms. The molecule has 0 atom stereocenters. The number of benzene rings is 2. The first-order valence-electron chi connectivity index (χ1n) is 11.0. The van der Waals surface area contributed by atoms with Gasteiger partial charge in [0.1, 0.15) is 4.90 Å². The van der Waals surface area contributed by atoms with Gasteiger partial charge in [-0.05, 0) is 35.4 Å². The fourth-order valence-electron chi connectivity index (χ4n) is 3.74. The van der Waals surface area contributed by atoms with Crippen molar-refractivity contribution < 1.29 is 17.9 Å². The largest absolute Gasteiger partial charge is 0.465 e. The van der Waals surface area contributed by atoms with Gasteiger partial charge in [0, 0.05) is 44.7 Å². The maximum atomic E-state index is 13.1. The minimum atomic E-state index is -3.57. The summed E-state index contributed by atoms with van der Waals surface area (Å²) in [5, 5.41) is 0.740. The Hall–Kier alpha value is -2.72. The number of carbonyl (C=O) groups excluding carboxylic acids is 1. The van der Waals surface area contributed by atoms with Crippen molar-refractivity contribution in [3.05, 3.63) is 89.6 Å². The van der Waals surface area contributed by atoms with Crippen molar-refractivity contribution in [3.63, 3.8) is 0 Å². The van der Waals surface area contributed by atoms with Crippen LogP contribution in [0.25, 0.3) is 0 Å². The zero-order chi connectivity index (χ0) is 24.0. The van der Waals surface area contributed by atoms with Crippen LogP contribution in [0, 0.1) is 0 Å².